The Labute approximate surface area is 108 Å². The highest BCUT2D eigenvalue weighted by molar-refractivity contribution is 6.31. The largest absolute Gasteiger partial charge is 0.349 e. The van der Waals surface area contributed by atoms with Gasteiger partial charge in [-0.3, -0.25) is 4.79 Å². The van der Waals surface area contributed by atoms with E-state index >= 15 is 0 Å². The Kier molecular flexibility index (Phi) is 6.01. The van der Waals surface area contributed by atoms with Crippen molar-refractivity contribution < 1.29 is 4.79 Å². The van der Waals surface area contributed by atoms with Gasteiger partial charge in [0.25, 0.3) is 0 Å². The van der Waals surface area contributed by atoms with Gasteiger partial charge in [0.2, 0.25) is 5.91 Å². The maximum atomic E-state index is 11.3. The van der Waals surface area contributed by atoms with E-state index in [-0.39, 0.29) is 5.91 Å². The second-order valence-corrected chi connectivity index (χ2v) is 4.57. The fourth-order valence-electron chi connectivity index (χ4n) is 1.45. The summed E-state index contributed by atoms with van der Waals surface area (Å²) < 4.78 is 0. The van der Waals surface area contributed by atoms with Crippen LogP contribution < -0.4 is 5.32 Å². The number of hydrogen-bond acceptors (Lipinski definition) is 2. The molecule has 0 atom stereocenters. The first-order valence-corrected chi connectivity index (χ1v) is 6.13. The smallest absolute Gasteiger partial charge is 0.222 e. The minimum absolute atomic E-state index is 0.171. The normalized spacial score (nSPS) is 10.3. The lowest BCUT2D eigenvalue weighted by molar-refractivity contribution is -0.128. The lowest BCUT2D eigenvalue weighted by atomic mass is 10.2. The summed E-state index contributed by atoms with van der Waals surface area (Å²) in [6.45, 7) is 1.57. The summed E-state index contributed by atoms with van der Waals surface area (Å²) in [5.74, 6) is 0.171. The zero-order valence-corrected chi connectivity index (χ0v) is 11.1. The molecule has 0 aliphatic carbocycles. The number of nitrogens with zero attached hydrogens (tertiary/aromatic N) is 1. The fraction of sp³-hybridized carbons (Fsp3) is 0.462. The third kappa shape index (κ3) is 5.20. The molecule has 0 aliphatic rings. The molecule has 1 N–H and O–H groups in total. The van der Waals surface area contributed by atoms with Crippen LogP contribution in [0.25, 0.3) is 0 Å². The first-order chi connectivity index (χ1) is 8.11. The Bertz CT molecular complexity index is 366. The van der Waals surface area contributed by atoms with Crippen molar-refractivity contribution in [3.05, 3.63) is 34.9 Å². The number of rotatable bonds is 6. The van der Waals surface area contributed by atoms with Crippen molar-refractivity contribution >= 4 is 17.5 Å². The highest BCUT2D eigenvalue weighted by Gasteiger charge is 2.03. The van der Waals surface area contributed by atoms with Crippen LogP contribution in [0.4, 0.5) is 0 Å². The Balaban J connectivity index is 2.17. The molecule has 4 heteroatoms. The Hall–Kier alpha value is -1.06. The molecule has 17 heavy (non-hydrogen) atoms. The highest BCUT2D eigenvalue weighted by atomic mass is 35.5. The summed E-state index contributed by atoms with van der Waals surface area (Å²) >= 11 is 6.03. The second kappa shape index (κ2) is 7.30. The van der Waals surface area contributed by atoms with Gasteiger partial charge in [-0.25, -0.2) is 0 Å². The first kappa shape index (κ1) is 14.0. The molecule has 0 heterocycles. The lowest BCUT2D eigenvalue weighted by Crippen LogP contribution is -2.23. The van der Waals surface area contributed by atoms with Crippen molar-refractivity contribution in [3.63, 3.8) is 0 Å². The van der Waals surface area contributed by atoms with Gasteiger partial charge in [0.1, 0.15) is 0 Å². The summed E-state index contributed by atoms with van der Waals surface area (Å²) in [7, 11) is 3.55. The summed E-state index contributed by atoms with van der Waals surface area (Å²) in [4.78, 5) is 12.9. The third-order valence-corrected chi connectivity index (χ3v) is 2.89. The Morgan fingerprint density at radius 3 is 2.71 bits per heavy atom. The van der Waals surface area contributed by atoms with Crippen molar-refractivity contribution in [1.82, 2.24) is 10.2 Å². The molecule has 1 aromatic carbocycles. The molecule has 0 aliphatic heterocycles. The fourth-order valence-corrected chi connectivity index (χ4v) is 1.66. The quantitative estimate of drug-likeness (QED) is 0.790. The van der Waals surface area contributed by atoms with Gasteiger partial charge in [-0.1, -0.05) is 29.8 Å². The van der Waals surface area contributed by atoms with Gasteiger partial charge in [0, 0.05) is 32.1 Å². The molecular weight excluding hydrogens is 236 g/mol. The van der Waals surface area contributed by atoms with E-state index in [4.69, 9.17) is 11.6 Å². The predicted octanol–water partition coefficient (Wildman–Crippen LogP) is 2.30. The molecule has 0 radical (unpaired) electrons. The molecule has 3 nitrogen and oxygen atoms in total. The van der Waals surface area contributed by atoms with Crippen molar-refractivity contribution in [2.24, 2.45) is 0 Å². The number of carbonyl (C=O) groups excluding carboxylic acids is 1. The molecule has 0 saturated heterocycles. The van der Waals surface area contributed by atoms with Gasteiger partial charge in [0.05, 0.1) is 0 Å². The van der Waals surface area contributed by atoms with E-state index in [1.807, 2.05) is 24.3 Å². The average molecular weight is 255 g/mol. The second-order valence-electron chi connectivity index (χ2n) is 4.16. The van der Waals surface area contributed by atoms with Crippen LogP contribution in [0.3, 0.4) is 0 Å². The van der Waals surface area contributed by atoms with Crippen LogP contribution >= 0.6 is 11.6 Å². The summed E-state index contributed by atoms with van der Waals surface area (Å²) in [6, 6.07) is 7.77. The minimum atomic E-state index is 0.171. The van der Waals surface area contributed by atoms with E-state index in [0.29, 0.717) is 6.42 Å². The first-order valence-electron chi connectivity index (χ1n) is 5.75. The maximum Gasteiger partial charge on any atom is 0.222 e. The van der Waals surface area contributed by atoms with Crippen LogP contribution in [0.2, 0.25) is 5.02 Å². The molecule has 94 valence electrons. The Morgan fingerprint density at radius 1 is 1.35 bits per heavy atom. The van der Waals surface area contributed by atoms with Gasteiger partial charge >= 0.3 is 0 Å². The van der Waals surface area contributed by atoms with Crippen LogP contribution in [-0.2, 0) is 11.3 Å². The van der Waals surface area contributed by atoms with E-state index in [0.717, 1.165) is 30.1 Å². The third-order valence-electron chi connectivity index (χ3n) is 2.52. The van der Waals surface area contributed by atoms with Crippen molar-refractivity contribution in [2.75, 3.05) is 20.6 Å². The van der Waals surface area contributed by atoms with E-state index < -0.39 is 0 Å². The standard InChI is InChI=1S/C13H19ClN2O/c1-16(2)13(17)8-5-9-15-10-11-6-3-4-7-12(11)14/h3-4,6-7,15H,5,8-10H2,1-2H3. The molecule has 0 saturated carbocycles. The zero-order chi connectivity index (χ0) is 12.7. The van der Waals surface area contributed by atoms with E-state index in [9.17, 15) is 4.79 Å². The SMILES string of the molecule is CN(C)C(=O)CCCNCc1ccccc1Cl. The van der Waals surface area contributed by atoms with Crippen molar-refractivity contribution in [3.8, 4) is 0 Å². The van der Waals surface area contributed by atoms with E-state index in [1.54, 1.807) is 19.0 Å². The summed E-state index contributed by atoms with van der Waals surface area (Å²) in [5, 5.41) is 4.06. The molecule has 1 rings (SSSR count). The number of amides is 1. The number of hydrogen-bond donors (Lipinski definition) is 1. The van der Waals surface area contributed by atoms with Crippen molar-refractivity contribution in [1.29, 1.82) is 0 Å². The summed E-state index contributed by atoms with van der Waals surface area (Å²) in [5.41, 5.74) is 1.09. The van der Waals surface area contributed by atoms with Crippen LogP contribution in [0, 0.1) is 0 Å². The number of halogens is 1. The molecule has 0 aromatic heterocycles. The zero-order valence-electron chi connectivity index (χ0n) is 10.4. The van der Waals surface area contributed by atoms with Crippen molar-refractivity contribution in [2.45, 2.75) is 19.4 Å². The lowest BCUT2D eigenvalue weighted by Gasteiger charge is -2.10. The Morgan fingerprint density at radius 2 is 2.06 bits per heavy atom. The van der Waals surface area contributed by atoms with Crippen LogP contribution in [-0.4, -0.2) is 31.4 Å². The van der Waals surface area contributed by atoms with Gasteiger partial charge in [-0.05, 0) is 24.6 Å². The van der Waals surface area contributed by atoms with Gasteiger partial charge in [-0.15, -0.1) is 0 Å². The van der Waals surface area contributed by atoms with E-state index in [1.165, 1.54) is 0 Å². The topological polar surface area (TPSA) is 32.3 Å². The molecule has 0 fully saturated rings. The highest BCUT2D eigenvalue weighted by Crippen LogP contribution is 2.14. The monoisotopic (exact) mass is 254 g/mol. The number of carbonyl (C=O) groups is 1. The van der Waals surface area contributed by atoms with E-state index in [2.05, 4.69) is 5.32 Å². The summed E-state index contributed by atoms with van der Waals surface area (Å²) in [6.07, 6.45) is 1.43. The minimum Gasteiger partial charge on any atom is -0.349 e. The van der Waals surface area contributed by atoms with Gasteiger partial charge < -0.3 is 10.2 Å². The maximum absolute atomic E-state index is 11.3. The number of benzene rings is 1. The molecule has 0 spiro atoms. The molecule has 1 amide bonds. The molecule has 0 unspecified atom stereocenters. The number of nitrogens with one attached hydrogen (secondary N) is 1. The molecule has 0 bridgehead atoms. The van der Waals surface area contributed by atoms with Crippen LogP contribution in [0.15, 0.2) is 24.3 Å². The molecule has 1 aromatic rings. The average Bonchev–Trinajstić information content (AvgIpc) is 2.30. The van der Waals surface area contributed by atoms with Crippen LogP contribution in [0.5, 0.6) is 0 Å². The van der Waals surface area contributed by atoms with Gasteiger partial charge in [0.15, 0.2) is 0 Å². The molecular formula is C13H19ClN2O. The van der Waals surface area contributed by atoms with Crippen LogP contribution in [0.1, 0.15) is 18.4 Å². The van der Waals surface area contributed by atoms with Gasteiger partial charge in [-0.2, -0.15) is 0 Å². The predicted molar refractivity (Wildman–Crippen MR) is 71.1 cm³/mol.